The SMILES string of the molecule is Cc1ncsc1Cn1c(N)nc2ccccc21. The molecular formula is C12H12N4S. The monoisotopic (exact) mass is 244 g/mol. The number of benzene rings is 1. The van der Waals surface area contributed by atoms with E-state index in [0.717, 1.165) is 23.3 Å². The van der Waals surface area contributed by atoms with Crippen molar-refractivity contribution in [1.29, 1.82) is 0 Å². The molecule has 2 heterocycles. The van der Waals surface area contributed by atoms with Gasteiger partial charge in [-0.15, -0.1) is 11.3 Å². The van der Waals surface area contributed by atoms with Gasteiger partial charge >= 0.3 is 0 Å². The van der Waals surface area contributed by atoms with E-state index in [0.29, 0.717) is 5.95 Å². The maximum absolute atomic E-state index is 5.96. The highest BCUT2D eigenvalue weighted by atomic mass is 32.1. The van der Waals surface area contributed by atoms with E-state index < -0.39 is 0 Å². The fourth-order valence-electron chi connectivity index (χ4n) is 1.88. The minimum Gasteiger partial charge on any atom is -0.369 e. The first-order valence-electron chi connectivity index (χ1n) is 5.35. The fourth-order valence-corrected chi connectivity index (χ4v) is 2.65. The maximum Gasteiger partial charge on any atom is 0.201 e. The zero-order valence-corrected chi connectivity index (χ0v) is 10.2. The van der Waals surface area contributed by atoms with Crippen LogP contribution in [0.3, 0.4) is 0 Å². The summed E-state index contributed by atoms with van der Waals surface area (Å²) in [5, 5.41) is 0. The molecule has 3 aromatic rings. The molecule has 0 saturated carbocycles. The predicted octanol–water partition coefficient (Wildman–Crippen LogP) is 2.43. The Morgan fingerprint density at radius 3 is 2.94 bits per heavy atom. The van der Waals surface area contributed by atoms with Gasteiger partial charge in [0.15, 0.2) is 0 Å². The van der Waals surface area contributed by atoms with E-state index in [9.17, 15) is 0 Å². The minimum absolute atomic E-state index is 0.555. The van der Waals surface area contributed by atoms with Gasteiger partial charge in [-0.1, -0.05) is 12.1 Å². The van der Waals surface area contributed by atoms with E-state index in [4.69, 9.17) is 5.73 Å². The van der Waals surface area contributed by atoms with Crippen molar-refractivity contribution in [2.45, 2.75) is 13.5 Å². The van der Waals surface area contributed by atoms with E-state index in [1.807, 2.05) is 41.3 Å². The van der Waals surface area contributed by atoms with Crippen LogP contribution in [-0.4, -0.2) is 14.5 Å². The lowest BCUT2D eigenvalue weighted by atomic mass is 10.3. The Morgan fingerprint density at radius 2 is 2.18 bits per heavy atom. The van der Waals surface area contributed by atoms with Crippen molar-refractivity contribution in [3.05, 3.63) is 40.3 Å². The van der Waals surface area contributed by atoms with Gasteiger partial charge < -0.3 is 10.3 Å². The van der Waals surface area contributed by atoms with Crippen LogP contribution in [0.5, 0.6) is 0 Å². The molecule has 0 radical (unpaired) electrons. The first kappa shape index (κ1) is 10.3. The van der Waals surface area contributed by atoms with Crippen LogP contribution in [0, 0.1) is 6.92 Å². The number of rotatable bonds is 2. The molecule has 0 atom stereocenters. The molecule has 0 bridgehead atoms. The highest BCUT2D eigenvalue weighted by molar-refractivity contribution is 7.09. The van der Waals surface area contributed by atoms with Gasteiger partial charge in [0, 0.05) is 4.88 Å². The van der Waals surface area contributed by atoms with Crippen LogP contribution in [-0.2, 0) is 6.54 Å². The molecular weight excluding hydrogens is 232 g/mol. The van der Waals surface area contributed by atoms with Gasteiger partial charge in [0.2, 0.25) is 5.95 Å². The Balaban J connectivity index is 2.11. The van der Waals surface area contributed by atoms with Gasteiger partial charge in [-0.25, -0.2) is 9.97 Å². The molecule has 0 unspecified atom stereocenters. The molecule has 17 heavy (non-hydrogen) atoms. The molecule has 1 aromatic carbocycles. The average molecular weight is 244 g/mol. The predicted molar refractivity (Wildman–Crippen MR) is 70.1 cm³/mol. The van der Waals surface area contributed by atoms with E-state index in [2.05, 4.69) is 9.97 Å². The lowest BCUT2D eigenvalue weighted by Crippen LogP contribution is -2.04. The summed E-state index contributed by atoms with van der Waals surface area (Å²) in [6, 6.07) is 7.98. The third kappa shape index (κ3) is 1.68. The third-order valence-electron chi connectivity index (χ3n) is 2.83. The van der Waals surface area contributed by atoms with Crippen molar-refractivity contribution >= 4 is 28.3 Å². The van der Waals surface area contributed by atoms with Gasteiger partial charge in [0.05, 0.1) is 28.8 Å². The summed E-state index contributed by atoms with van der Waals surface area (Å²) >= 11 is 1.65. The van der Waals surface area contributed by atoms with Crippen LogP contribution in [0.1, 0.15) is 10.6 Å². The molecule has 4 nitrogen and oxygen atoms in total. The number of aromatic nitrogens is 3. The first-order chi connectivity index (χ1) is 8.25. The molecule has 86 valence electrons. The number of hydrogen-bond acceptors (Lipinski definition) is 4. The highest BCUT2D eigenvalue weighted by Gasteiger charge is 2.10. The second-order valence-electron chi connectivity index (χ2n) is 3.91. The van der Waals surface area contributed by atoms with Crippen LogP contribution >= 0.6 is 11.3 Å². The summed E-state index contributed by atoms with van der Waals surface area (Å²) in [6.45, 7) is 2.75. The number of aryl methyl sites for hydroxylation is 1. The second-order valence-corrected chi connectivity index (χ2v) is 4.85. The quantitative estimate of drug-likeness (QED) is 0.753. The zero-order chi connectivity index (χ0) is 11.8. The van der Waals surface area contributed by atoms with Gasteiger partial charge in [0.25, 0.3) is 0 Å². The van der Waals surface area contributed by atoms with Crippen LogP contribution in [0.2, 0.25) is 0 Å². The Kier molecular flexibility index (Phi) is 2.33. The number of hydrogen-bond donors (Lipinski definition) is 1. The van der Waals surface area contributed by atoms with Gasteiger partial charge in [0.1, 0.15) is 0 Å². The minimum atomic E-state index is 0.555. The Labute approximate surface area is 103 Å². The van der Waals surface area contributed by atoms with Crippen LogP contribution < -0.4 is 5.73 Å². The van der Waals surface area contributed by atoms with Crippen molar-refractivity contribution in [1.82, 2.24) is 14.5 Å². The molecule has 2 aromatic heterocycles. The van der Waals surface area contributed by atoms with Crippen LogP contribution in [0.15, 0.2) is 29.8 Å². The lowest BCUT2D eigenvalue weighted by Gasteiger charge is -2.04. The summed E-state index contributed by atoms with van der Waals surface area (Å²) in [6.07, 6.45) is 0. The van der Waals surface area contributed by atoms with E-state index in [1.54, 1.807) is 11.3 Å². The molecule has 3 rings (SSSR count). The average Bonchev–Trinajstić information content (AvgIpc) is 2.85. The Bertz CT molecular complexity index is 668. The van der Waals surface area contributed by atoms with E-state index in [1.165, 1.54) is 4.88 Å². The number of imidazole rings is 1. The first-order valence-corrected chi connectivity index (χ1v) is 6.23. The number of thiazole rings is 1. The normalized spacial score (nSPS) is 11.1. The Morgan fingerprint density at radius 1 is 1.35 bits per heavy atom. The van der Waals surface area contributed by atoms with Gasteiger partial charge in [-0.2, -0.15) is 0 Å². The topological polar surface area (TPSA) is 56.7 Å². The number of para-hydroxylation sites is 2. The van der Waals surface area contributed by atoms with Crippen molar-refractivity contribution < 1.29 is 0 Å². The third-order valence-corrected chi connectivity index (χ3v) is 3.75. The van der Waals surface area contributed by atoms with Gasteiger partial charge in [-0.3, -0.25) is 0 Å². The van der Waals surface area contributed by atoms with E-state index in [-0.39, 0.29) is 0 Å². The summed E-state index contributed by atoms with van der Waals surface area (Å²) in [4.78, 5) is 9.82. The molecule has 0 aliphatic rings. The maximum atomic E-state index is 5.96. The van der Waals surface area contributed by atoms with E-state index >= 15 is 0 Å². The smallest absolute Gasteiger partial charge is 0.201 e. The molecule has 0 aliphatic heterocycles. The number of anilines is 1. The summed E-state index contributed by atoms with van der Waals surface area (Å²) < 4.78 is 2.02. The van der Waals surface area contributed by atoms with Crippen LogP contribution in [0.4, 0.5) is 5.95 Å². The fraction of sp³-hybridized carbons (Fsp3) is 0.167. The van der Waals surface area contributed by atoms with Crippen molar-refractivity contribution in [2.24, 2.45) is 0 Å². The second kappa shape index (κ2) is 3.85. The number of nitrogens with zero attached hydrogens (tertiary/aromatic N) is 3. The summed E-state index contributed by atoms with van der Waals surface area (Å²) in [5.41, 5.74) is 10.9. The molecule has 5 heteroatoms. The number of nitrogen functional groups attached to an aromatic ring is 1. The van der Waals surface area contributed by atoms with Crippen molar-refractivity contribution in [2.75, 3.05) is 5.73 Å². The number of nitrogens with two attached hydrogens (primary N) is 1. The Hall–Kier alpha value is -1.88. The molecule has 2 N–H and O–H groups in total. The van der Waals surface area contributed by atoms with Crippen molar-refractivity contribution in [3.63, 3.8) is 0 Å². The molecule has 0 aliphatic carbocycles. The molecule has 0 saturated heterocycles. The zero-order valence-electron chi connectivity index (χ0n) is 9.42. The standard InChI is InChI=1S/C12H12N4S/c1-8-11(17-7-14-8)6-16-10-5-3-2-4-9(10)15-12(16)13/h2-5,7H,6H2,1H3,(H2,13,15). The highest BCUT2D eigenvalue weighted by Crippen LogP contribution is 2.21. The summed E-state index contributed by atoms with van der Waals surface area (Å²) in [7, 11) is 0. The summed E-state index contributed by atoms with van der Waals surface area (Å²) in [5.74, 6) is 0.555. The molecule has 0 fully saturated rings. The lowest BCUT2D eigenvalue weighted by molar-refractivity contribution is 0.843. The van der Waals surface area contributed by atoms with Crippen LogP contribution in [0.25, 0.3) is 11.0 Å². The van der Waals surface area contributed by atoms with Gasteiger partial charge in [-0.05, 0) is 19.1 Å². The molecule has 0 spiro atoms. The largest absolute Gasteiger partial charge is 0.369 e. The number of fused-ring (bicyclic) bond motifs is 1. The van der Waals surface area contributed by atoms with Crippen molar-refractivity contribution in [3.8, 4) is 0 Å². The molecule has 0 amide bonds.